The number of nitro benzene ring substituents is 1. The number of benzene rings is 1. The summed E-state index contributed by atoms with van der Waals surface area (Å²) in [4.78, 5) is 17.2. The van der Waals surface area contributed by atoms with Gasteiger partial charge < -0.3 is 5.11 Å². The maximum atomic E-state index is 10.4. The molecule has 2 rings (SSSR count). The van der Waals surface area contributed by atoms with E-state index in [9.17, 15) is 10.1 Å². The molecule has 1 heterocycles. The topological polar surface area (TPSA) is 89.2 Å². The van der Waals surface area contributed by atoms with Crippen molar-refractivity contribution >= 4 is 16.6 Å². The Labute approximate surface area is 78.0 Å². The van der Waals surface area contributed by atoms with Crippen molar-refractivity contribution in [3.63, 3.8) is 0 Å². The number of aromatic hydroxyl groups is 1. The Kier molecular flexibility index (Phi) is 1.74. The molecule has 1 aromatic heterocycles. The quantitative estimate of drug-likeness (QED) is 0.541. The number of nitrogens with zero attached hydrogens (tertiary/aromatic N) is 3. The van der Waals surface area contributed by atoms with Crippen LogP contribution in [0.5, 0.6) is 6.01 Å². The molecule has 6 nitrogen and oxygen atoms in total. The fraction of sp³-hybridized carbons (Fsp3) is 0. The van der Waals surface area contributed by atoms with Crippen molar-refractivity contribution in [2.75, 3.05) is 0 Å². The predicted octanol–water partition coefficient (Wildman–Crippen LogP) is 1.24. The Morgan fingerprint density at radius 1 is 1.43 bits per heavy atom. The lowest BCUT2D eigenvalue weighted by atomic mass is 10.2. The molecular weight excluding hydrogens is 186 g/mol. The van der Waals surface area contributed by atoms with E-state index in [2.05, 4.69) is 9.97 Å². The number of hydrogen-bond acceptors (Lipinski definition) is 5. The minimum Gasteiger partial charge on any atom is -0.479 e. The zero-order valence-corrected chi connectivity index (χ0v) is 6.91. The van der Waals surface area contributed by atoms with Gasteiger partial charge in [-0.2, -0.15) is 4.98 Å². The molecule has 0 bridgehead atoms. The van der Waals surface area contributed by atoms with Gasteiger partial charge in [-0.25, -0.2) is 4.98 Å². The molecule has 0 spiro atoms. The van der Waals surface area contributed by atoms with Crippen LogP contribution in [0.15, 0.2) is 24.4 Å². The minimum atomic E-state index is -0.494. The highest BCUT2D eigenvalue weighted by Gasteiger charge is 2.06. The molecule has 0 aliphatic carbocycles. The van der Waals surface area contributed by atoms with Gasteiger partial charge in [0, 0.05) is 23.7 Å². The van der Waals surface area contributed by atoms with Crippen LogP contribution in [0.25, 0.3) is 10.9 Å². The van der Waals surface area contributed by atoms with Crippen LogP contribution in [0.4, 0.5) is 5.69 Å². The summed E-state index contributed by atoms with van der Waals surface area (Å²) < 4.78 is 0. The second-order valence-electron chi connectivity index (χ2n) is 2.67. The summed E-state index contributed by atoms with van der Waals surface area (Å²) in [5, 5.41) is 19.9. The zero-order chi connectivity index (χ0) is 10.1. The van der Waals surface area contributed by atoms with E-state index < -0.39 is 4.92 Å². The van der Waals surface area contributed by atoms with E-state index in [0.29, 0.717) is 10.9 Å². The molecule has 0 radical (unpaired) electrons. The van der Waals surface area contributed by atoms with E-state index in [-0.39, 0.29) is 11.7 Å². The van der Waals surface area contributed by atoms with Gasteiger partial charge in [-0.3, -0.25) is 10.1 Å². The molecule has 0 unspecified atom stereocenters. The van der Waals surface area contributed by atoms with Gasteiger partial charge in [0.25, 0.3) is 5.69 Å². The first-order chi connectivity index (χ1) is 6.66. The first-order valence-corrected chi connectivity index (χ1v) is 3.77. The molecule has 0 amide bonds. The standard InChI is InChI=1S/C8H5N3O3/c12-8-9-4-5-3-6(11(13)14)1-2-7(5)10-8/h1-4H,(H,9,10,12). The fourth-order valence-corrected chi connectivity index (χ4v) is 1.12. The van der Waals surface area contributed by atoms with E-state index in [0.717, 1.165) is 0 Å². The predicted molar refractivity (Wildman–Crippen MR) is 47.9 cm³/mol. The fourth-order valence-electron chi connectivity index (χ4n) is 1.12. The summed E-state index contributed by atoms with van der Waals surface area (Å²) in [6, 6.07) is 3.81. The van der Waals surface area contributed by atoms with Gasteiger partial charge >= 0.3 is 6.01 Å². The third-order valence-electron chi connectivity index (χ3n) is 1.76. The third-order valence-corrected chi connectivity index (χ3v) is 1.76. The number of rotatable bonds is 1. The largest absolute Gasteiger partial charge is 0.479 e. The van der Waals surface area contributed by atoms with Crippen LogP contribution in [0, 0.1) is 10.1 Å². The van der Waals surface area contributed by atoms with Crippen molar-refractivity contribution in [3.05, 3.63) is 34.5 Å². The zero-order valence-electron chi connectivity index (χ0n) is 6.91. The molecule has 0 saturated heterocycles. The molecule has 0 aliphatic rings. The van der Waals surface area contributed by atoms with Crippen LogP contribution in [0.3, 0.4) is 0 Å². The molecule has 0 aliphatic heterocycles. The molecule has 70 valence electrons. The summed E-state index contributed by atoms with van der Waals surface area (Å²) in [6.45, 7) is 0. The van der Waals surface area contributed by atoms with Crippen LogP contribution >= 0.6 is 0 Å². The van der Waals surface area contributed by atoms with E-state index in [4.69, 9.17) is 5.11 Å². The summed E-state index contributed by atoms with van der Waals surface area (Å²) >= 11 is 0. The molecule has 0 atom stereocenters. The van der Waals surface area contributed by atoms with Gasteiger partial charge in [-0.15, -0.1) is 0 Å². The van der Waals surface area contributed by atoms with Crippen molar-refractivity contribution < 1.29 is 10.0 Å². The lowest BCUT2D eigenvalue weighted by Gasteiger charge is -1.96. The van der Waals surface area contributed by atoms with Crippen molar-refractivity contribution in [1.82, 2.24) is 9.97 Å². The SMILES string of the molecule is O=[N+]([O-])c1ccc2nc(O)ncc2c1. The van der Waals surface area contributed by atoms with Crippen molar-refractivity contribution in [3.8, 4) is 6.01 Å². The van der Waals surface area contributed by atoms with Crippen LogP contribution in [-0.2, 0) is 0 Å². The summed E-state index contributed by atoms with van der Waals surface area (Å²) in [6.07, 6.45) is 1.34. The van der Waals surface area contributed by atoms with E-state index >= 15 is 0 Å². The molecule has 6 heteroatoms. The van der Waals surface area contributed by atoms with E-state index in [1.54, 1.807) is 0 Å². The molecule has 2 aromatic rings. The van der Waals surface area contributed by atoms with Crippen molar-refractivity contribution in [1.29, 1.82) is 0 Å². The van der Waals surface area contributed by atoms with Crippen molar-refractivity contribution in [2.45, 2.75) is 0 Å². The molecule has 1 N–H and O–H groups in total. The molecule has 0 fully saturated rings. The summed E-state index contributed by atoms with van der Waals surface area (Å²) in [5.41, 5.74) is 0.454. The van der Waals surface area contributed by atoms with Gasteiger partial charge in [0.1, 0.15) is 0 Å². The normalized spacial score (nSPS) is 10.3. The van der Waals surface area contributed by atoms with Gasteiger partial charge in [-0.1, -0.05) is 0 Å². The highest BCUT2D eigenvalue weighted by atomic mass is 16.6. The summed E-state index contributed by atoms with van der Waals surface area (Å²) in [7, 11) is 0. The van der Waals surface area contributed by atoms with Crippen LogP contribution < -0.4 is 0 Å². The third kappa shape index (κ3) is 1.33. The lowest BCUT2D eigenvalue weighted by molar-refractivity contribution is -0.384. The van der Waals surface area contributed by atoms with E-state index in [1.807, 2.05) is 0 Å². The Balaban J connectivity index is 2.67. The number of non-ortho nitro benzene ring substituents is 1. The monoisotopic (exact) mass is 191 g/mol. The Bertz CT molecular complexity index is 512. The Hall–Kier alpha value is -2.24. The number of hydrogen-bond donors (Lipinski definition) is 1. The lowest BCUT2D eigenvalue weighted by Crippen LogP contribution is -1.89. The second kappa shape index (κ2) is 2.91. The van der Waals surface area contributed by atoms with Crippen LogP contribution in [0.1, 0.15) is 0 Å². The maximum absolute atomic E-state index is 10.4. The number of fused-ring (bicyclic) bond motifs is 1. The van der Waals surface area contributed by atoms with E-state index in [1.165, 1.54) is 24.4 Å². The molecule has 1 aromatic carbocycles. The van der Waals surface area contributed by atoms with Crippen molar-refractivity contribution in [2.24, 2.45) is 0 Å². The number of aromatic nitrogens is 2. The van der Waals surface area contributed by atoms with Crippen LogP contribution in [0.2, 0.25) is 0 Å². The van der Waals surface area contributed by atoms with Gasteiger partial charge in [0.15, 0.2) is 0 Å². The first-order valence-electron chi connectivity index (χ1n) is 3.77. The van der Waals surface area contributed by atoms with Gasteiger partial charge in [-0.05, 0) is 6.07 Å². The minimum absolute atomic E-state index is 0.0215. The first kappa shape index (κ1) is 8.36. The number of nitro groups is 1. The smallest absolute Gasteiger partial charge is 0.314 e. The summed E-state index contributed by atoms with van der Waals surface area (Å²) in [5.74, 6) is 0. The van der Waals surface area contributed by atoms with Gasteiger partial charge in [0.2, 0.25) is 0 Å². The highest BCUT2D eigenvalue weighted by Crippen LogP contribution is 2.19. The molecule has 0 saturated carbocycles. The average molecular weight is 191 g/mol. The van der Waals surface area contributed by atoms with Gasteiger partial charge in [0.05, 0.1) is 10.4 Å². The molecule has 14 heavy (non-hydrogen) atoms. The van der Waals surface area contributed by atoms with Crippen LogP contribution in [-0.4, -0.2) is 20.0 Å². The highest BCUT2D eigenvalue weighted by molar-refractivity contribution is 5.80. The Morgan fingerprint density at radius 2 is 2.21 bits per heavy atom. The Morgan fingerprint density at radius 3 is 2.93 bits per heavy atom. The average Bonchev–Trinajstić information content (AvgIpc) is 2.16. The second-order valence-corrected chi connectivity index (χ2v) is 2.67. The molecular formula is C8H5N3O3. The maximum Gasteiger partial charge on any atom is 0.314 e.